The van der Waals surface area contributed by atoms with E-state index in [1.165, 1.54) is 38.5 Å². The van der Waals surface area contributed by atoms with Gasteiger partial charge in [0.25, 0.3) is 5.91 Å². The lowest BCUT2D eigenvalue weighted by Crippen LogP contribution is -2.38. The van der Waals surface area contributed by atoms with Crippen LogP contribution in [-0.4, -0.2) is 57.2 Å². The number of hydrogen-bond donors (Lipinski definition) is 2. The Morgan fingerprint density at radius 3 is 2.37 bits per heavy atom. The maximum Gasteiger partial charge on any atom is 0.253 e. The fourth-order valence-electron chi connectivity index (χ4n) is 3.23. The molecule has 1 aromatic carbocycles. The molecule has 0 heterocycles. The molecule has 0 unspecified atom stereocenters. The number of ether oxygens (including phenoxy) is 1. The first-order chi connectivity index (χ1) is 13.1. The van der Waals surface area contributed by atoms with E-state index in [0.29, 0.717) is 24.8 Å². The highest BCUT2D eigenvalue weighted by Gasteiger charge is 2.12. The minimum absolute atomic E-state index is 0.0145. The molecule has 1 aliphatic rings. The van der Waals surface area contributed by atoms with Crippen molar-refractivity contribution in [3.63, 3.8) is 0 Å². The zero-order valence-corrected chi connectivity index (χ0v) is 17.0. The van der Waals surface area contributed by atoms with Gasteiger partial charge in [0.15, 0.2) is 5.96 Å². The van der Waals surface area contributed by atoms with Gasteiger partial charge in [0, 0.05) is 39.8 Å². The van der Waals surface area contributed by atoms with E-state index in [0.717, 1.165) is 18.1 Å². The van der Waals surface area contributed by atoms with E-state index in [-0.39, 0.29) is 5.91 Å². The van der Waals surface area contributed by atoms with Crippen LogP contribution in [0.5, 0.6) is 0 Å². The Hall–Kier alpha value is -2.08. The van der Waals surface area contributed by atoms with Crippen LogP contribution in [0.25, 0.3) is 0 Å². The molecule has 6 heteroatoms. The molecule has 0 bridgehead atoms. The lowest BCUT2D eigenvalue weighted by atomic mass is 10.1. The predicted octanol–water partition coefficient (Wildman–Crippen LogP) is 2.79. The maximum atomic E-state index is 11.9. The molecule has 0 atom stereocenters. The Balaban J connectivity index is 1.68. The summed E-state index contributed by atoms with van der Waals surface area (Å²) in [7, 11) is 5.28. The van der Waals surface area contributed by atoms with Crippen LogP contribution in [0.1, 0.15) is 54.4 Å². The topological polar surface area (TPSA) is 66.0 Å². The Bertz CT molecular complexity index is 591. The zero-order valence-electron chi connectivity index (χ0n) is 17.0. The number of aliphatic imine (C=N–C) groups is 1. The number of hydrogen-bond acceptors (Lipinski definition) is 3. The highest BCUT2D eigenvalue weighted by Crippen LogP contribution is 2.19. The number of carbonyl (C=O) groups excluding carboxylic acids is 1. The summed E-state index contributed by atoms with van der Waals surface area (Å²) in [5, 5.41) is 6.59. The molecule has 1 saturated carbocycles. The second-order valence-electron chi connectivity index (χ2n) is 7.23. The lowest BCUT2D eigenvalue weighted by Gasteiger charge is -2.17. The molecule has 0 aromatic heterocycles. The van der Waals surface area contributed by atoms with E-state index in [9.17, 15) is 4.79 Å². The standard InChI is InChI=1S/C21H34N4O2/c1-22-21(23-14-15-27-19-8-6-4-5-7-9-19)24-16-17-10-12-18(13-11-17)20(26)25(2)3/h10-13,19H,4-9,14-16H2,1-3H3,(H2,22,23,24). The fraction of sp³-hybridized carbons (Fsp3) is 0.619. The summed E-state index contributed by atoms with van der Waals surface area (Å²) in [6.45, 7) is 2.10. The molecule has 1 aliphatic carbocycles. The van der Waals surface area contributed by atoms with Crippen LogP contribution in [-0.2, 0) is 11.3 Å². The van der Waals surface area contributed by atoms with Gasteiger partial charge in [0.1, 0.15) is 0 Å². The van der Waals surface area contributed by atoms with Crippen LogP contribution in [0.2, 0.25) is 0 Å². The van der Waals surface area contributed by atoms with Crippen LogP contribution >= 0.6 is 0 Å². The van der Waals surface area contributed by atoms with E-state index in [4.69, 9.17) is 4.74 Å². The molecule has 2 N–H and O–H groups in total. The van der Waals surface area contributed by atoms with Gasteiger partial charge in [-0.1, -0.05) is 37.8 Å². The third-order valence-electron chi connectivity index (χ3n) is 4.84. The van der Waals surface area contributed by atoms with Crippen LogP contribution < -0.4 is 10.6 Å². The number of benzene rings is 1. The number of nitrogens with zero attached hydrogens (tertiary/aromatic N) is 2. The highest BCUT2D eigenvalue weighted by atomic mass is 16.5. The van der Waals surface area contributed by atoms with Crippen molar-refractivity contribution in [1.82, 2.24) is 15.5 Å². The summed E-state index contributed by atoms with van der Waals surface area (Å²) in [6.07, 6.45) is 8.09. The van der Waals surface area contributed by atoms with Crippen LogP contribution in [0.3, 0.4) is 0 Å². The Morgan fingerprint density at radius 1 is 1.11 bits per heavy atom. The van der Waals surface area contributed by atoms with Crippen molar-refractivity contribution in [2.45, 2.75) is 51.2 Å². The predicted molar refractivity (Wildman–Crippen MR) is 110 cm³/mol. The number of guanidine groups is 1. The van der Waals surface area contributed by atoms with Gasteiger partial charge < -0.3 is 20.3 Å². The second-order valence-corrected chi connectivity index (χ2v) is 7.23. The molecular weight excluding hydrogens is 340 g/mol. The first-order valence-corrected chi connectivity index (χ1v) is 9.97. The van der Waals surface area contributed by atoms with Gasteiger partial charge in [-0.05, 0) is 30.5 Å². The van der Waals surface area contributed by atoms with E-state index < -0.39 is 0 Å². The van der Waals surface area contributed by atoms with Crippen molar-refractivity contribution >= 4 is 11.9 Å². The average Bonchev–Trinajstić information content (AvgIpc) is 2.96. The molecule has 1 amide bonds. The first kappa shape index (κ1) is 21.2. The van der Waals surface area contributed by atoms with E-state index in [1.54, 1.807) is 26.0 Å². The van der Waals surface area contributed by atoms with Gasteiger partial charge >= 0.3 is 0 Å². The Labute approximate surface area is 163 Å². The average molecular weight is 375 g/mol. The van der Waals surface area contributed by atoms with Crippen LogP contribution in [0.15, 0.2) is 29.3 Å². The van der Waals surface area contributed by atoms with Gasteiger partial charge in [0.2, 0.25) is 0 Å². The molecule has 0 radical (unpaired) electrons. The zero-order chi connectivity index (χ0) is 19.5. The van der Waals surface area contributed by atoms with E-state index >= 15 is 0 Å². The van der Waals surface area contributed by atoms with E-state index in [2.05, 4.69) is 15.6 Å². The maximum absolute atomic E-state index is 11.9. The van der Waals surface area contributed by atoms with Crippen LogP contribution in [0.4, 0.5) is 0 Å². The van der Waals surface area contributed by atoms with E-state index in [1.807, 2.05) is 24.3 Å². The van der Waals surface area contributed by atoms with Crippen molar-refractivity contribution in [2.75, 3.05) is 34.3 Å². The van der Waals surface area contributed by atoms with Gasteiger partial charge in [-0.15, -0.1) is 0 Å². The summed E-state index contributed by atoms with van der Waals surface area (Å²) in [6, 6.07) is 7.64. The number of amides is 1. The third-order valence-corrected chi connectivity index (χ3v) is 4.84. The normalized spacial score (nSPS) is 15.9. The quantitative estimate of drug-likeness (QED) is 0.333. The number of nitrogens with one attached hydrogen (secondary N) is 2. The van der Waals surface area contributed by atoms with Crippen molar-refractivity contribution < 1.29 is 9.53 Å². The summed E-state index contributed by atoms with van der Waals surface area (Å²) in [5.41, 5.74) is 1.80. The third kappa shape index (κ3) is 7.59. The van der Waals surface area contributed by atoms with Crippen molar-refractivity contribution in [2.24, 2.45) is 4.99 Å². The van der Waals surface area contributed by atoms with Gasteiger partial charge in [0.05, 0.1) is 12.7 Å². The van der Waals surface area contributed by atoms with Crippen molar-refractivity contribution in [1.29, 1.82) is 0 Å². The smallest absolute Gasteiger partial charge is 0.253 e. The minimum atomic E-state index is 0.0145. The molecular formula is C21H34N4O2. The molecule has 6 nitrogen and oxygen atoms in total. The lowest BCUT2D eigenvalue weighted by molar-refractivity contribution is 0.0468. The molecule has 1 fully saturated rings. The molecule has 1 aromatic rings. The van der Waals surface area contributed by atoms with Crippen molar-refractivity contribution in [3.05, 3.63) is 35.4 Å². The molecule has 27 heavy (non-hydrogen) atoms. The molecule has 2 rings (SSSR count). The fourth-order valence-corrected chi connectivity index (χ4v) is 3.23. The summed E-state index contributed by atoms with van der Waals surface area (Å²) >= 11 is 0. The summed E-state index contributed by atoms with van der Waals surface area (Å²) in [4.78, 5) is 17.7. The van der Waals surface area contributed by atoms with Crippen LogP contribution in [0, 0.1) is 0 Å². The highest BCUT2D eigenvalue weighted by molar-refractivity contribution is 5.93. The molecule has 0 aliphatic heterocycles. The largest absolute Gasteiger partial charge is 0.376 e. The SMILES string of the molecule is CN=C(NCCOC1CCCCCC1)NCc1ccc(C(=O)N(C)C)cc1. The Kier molecular flexibility index (Phi) is 9.11. The molecule has 0 saturated heterocycles. The molecule has 150 valence electrons. The summed E-state index contributed by atoms with van der Waals surface area (Å²) in [5.74, 6) is 0.772. The van der Waals surface area contributed by atoms with Crippen molar-refractivity contribution in [3.8, 4) is 0 Å². The van der Waals surface area contributed by atoms with Gasteiger partial charge in [-0.25, -0.2) is 0 Å². The number of rotatable bonds is 7. The van der Waals surface area contributed by atoms with Gasteiger partial charge in [-0.2, -0.15) is 0 Å². The first-order valence-electron chi connectivity index (χ1n) is 9.97. The Morgan fingerprint density at radius 2 is 1.78 bits per heavy atom. The minimum Gasteiger partial charge on any atom is -0.376 e. The van der Waals surface area contributed by atoms with Gasteiger partial charge in [-0.3, -0.25) is 9.79 Å². The monoisotopic (exact) mass is 374 g/mol. The number of carbonyl (C=O) groups is 1. The summed E-state index contributed by atoms with van der Waals surface area (Å²) < 4.78 is 5.99. The molecule has 0 spiro atoms. The second kappa shape index (κ2) is 11.6.